The Balaban J connectivity index is 2.02. The Morgan fingerprint density at radius 3 is 3.11 bits per heavy atom. The molecule has 5 heteroatoms. The van der Waals surface area contributed by atoms with Crippen LogP contribution in [0.4, 0.5) is 0 Å². The number of rotatable bonds is 4. The highest BCUT2D eigenvalue weighted by Crippen LogP contribution is 2.24. The summed E-state index contributed by atoms with van der Waals surface area (Å²) in [5, 5.41) is 10.8. The third-order valence-corrected chi connectivity index (χ3v) is 3.71. The molecular formula is C14H18ClNO3. The van der Waals surface area contributed by atoms with Gasteiger partial charge in [-0.05, 0) is 37.1 Å². The maximum atomic E-state index is 11.6. The van der Waals surface area contributed by atoms with Gasteiger partial charge in [-0.1, -0.05) is 23.7 Å². The minimum absolute atomic E-state index is 0.226. The molecule has 19 heavy (non-hydrogen) atoms. The maximum Gasteiger partial charge on any atom is 0.323 e. The highest BCUT2D eigenvalue weighted by Gasteiger charge is 2.32. The van der Waals surface area contributed by atoms with Crippen LogP contribution in [0.3, 0.4) is 0 Å². The molecule has 2 rings (SSSR count). The quantitative estimate of drug-likeness (QED) is 0.859. The second-order valence-corrected chi connectivity index (χ2v) is 5.18. The lowest BCUT2D eigenvalue weighted by Crippen LogP contribution is -2.39. The fourth-order valence-electron chi connectivity index (χ4n) is 2.49. The lowest BCUT2D eigenvalue weighted by Gasteiger charge is -2.25. The van der Waals surface area contributed by atoms with Crippen molar-refractivity contribution in [2.24, 2.45) is 0 Å². The average molecular weight is 284 g/mol. The lowest BCUT2D eigenvalue weighted by molar-refractivity contribution is -0.146. The largest absolute Gasteiger partial charge is 0.468 e. The van der Waals surface area contributed by atoms with Crippen molar-refractivity contribution < 1.29 is 14.6 Å². The van der Waals surface area contributed by atoms with Crippen LogP contribution in [0.2, 0.25) is 5.02 Å². The van der Waals surface area contributed by atoms with Gasteiger partial charge in [-0.3, -0.25) is 9.69 Å². The zero-order valence-corrected chi connectivity index (χ0v) is 11.6. The molecule has 1 saturated heterocycles. The van der Waals surface area contributed by atoms with Gasteiger partial charge in [-0.2, -0.15) is 0 Å². The highest BCUT2D eigenvalue weighted by molar-refractivity contribution is 6.30. The van der Waals surface area contributed by atoms with Gasteiger partial charge in [0.2, 0.25) is 0 Å². The molecule has 0 spiro atoms. The molecule has 1 heterocycles. The van der Waals surface area contributed by atoms with E-state index in [1.54, 1.807) is 12.1 Å². The van der Waals surface area contributed by atoms with Gasteiger partial charge in [0.1, 0.15) is 6.04 Å². The van der Waals surface area contributed by atoms with Gasteiger partial charge in [-0.25, -0.2) is 0 Å². The number of hydrogen-bond donors (Lipinski definition) is 1. The number of ether oxygens (including phenoxy) is 1. The number of β-amino-alcohol motifs (C(OH)–C–C–N with tert-alkyl or cyclic N) is 1. The Morgan fingerprint density at radius 1 is 1.63 bits per heavy atom. The standard InChI is InChI=1S/C14H18ClNO3/c1-19-14(18)12-6-3-7-16(12)9-13(17)10-4-2-5-11(15)8-10/h2,4-5,8,12-13,17H,3,6-7,9H2,1H3. The molecule has 2 atom stereocenters. The molecule has 1 aliphatic rings. The molecule has 0 radical (unpaired) electrons. The zero-order valence-electron chi connectivity index (χ0n) is 10.9. The minimum Gasteiger partial charge on any atom is -0.468 e. The molecule has 0 aromatic heterocycles. The number of likely N-dealkylation sites (tertiary alicyclic amines) is 1. The van der Waals surface area contributed by atoms with Gasteiger partial charge in [0.15, 0.2) is 0 Å². The first-order chi connectivity index (χ1) is 9.11. The van der Waals surface area contributed by atoms with Crippen LogP contribution in [0.25, 0.3) is 0 Å². The first-order valence-corrected chi connectivity index (χ1v) is 6.75. The van der Waals surface area contributed by atoms with Crippen molar-refractivity contribution in [2.45, 2.75) is 25.0 Å². The second-order valence-electron chi connectivity index (χ2n) is 4.75. The number of methoxy groups -OCH3 is 1. The summed E-state index contributed by atoms with van der Waals surface area (Å²) in [5.41, 5.74) is 0.767. The number of aliphatic hydroxyl groups is 1. The van der Waals surface area contributed by atoms with Gasteiger partial charge in [0.25, 0.3) is 0 Å². The summed E-state index contributed by atoms with van der Waals surface area (Å²) < 4.78 is 4.79. The number of carbonyl (C=O) groups excluding carboxylic acids is 1. The number of aliphatic hydroxyl groups excluding tert-OH is 1. The fourth-order valence-corrected chi connectivity index (χ4v) is 2.69. The summed E-state index contributed by atoms with van der Waals surface area (Å²) in [5.74, 6) is -0.226. The first-order valence-electron chi connectivity index (χ1n) is 6.37. The first kappa shape index (κ1) is 14.3. The number of carbonyl (C=O) groups is 1. The van der Waals surface area contributed by atoms with Crippen molar-refractivity contribution in [1.29, 1.82) is 0 Å². The van der Waals surface area contributed by atoms with E-state index in [0.717, 1.165) is 24.9 Å². The highest BCUT2D eigenvalue weighted by atomic mass is 35.5. The molecular weight excluding hydrogens is 266 g/mol. The van der Waals surface area contributed by atoms with E-state index in [2.05, 4.69) is 0 Å². The summed E-state index contributed by atoms with van der Waals surface area (Å²) in [7, 11) is 1.40. The summed E-state index contributed by atoms with van der Waals surface area (Å²) in [6.45, 7) is 1.22. The van der Waals surface area contributed by atoms with Gasteiger partial charge in [0, 0.05) is 11.6 Å². The monoisotopic (exact) mass is 283 g/mol. The Bertz CT molecular complexity index is 452. The summed E-state index contributed by atoms with van der Waals surface area (Å²) in [6.07, 6.45) is 1.08. The van der Waals surface area contributed by atoms with Crippen molar-refractivity contribution in [1.82, 2.24) is 4.90 Å². The molecule has 0 aliphatic carbocycles. The van der Waals surface area contributed by atoms with E-state index in [0.29, 0.717) is 11.6 Å². The van der Waals surface area contributed by atoms with Crippen LogP contribution >= 0.6 is 11.6 Å². The molecule has 0 saturated carbocycles. The van der Waals surface area contributed by atoms with Gasteiger partial charge >= 0.3 is 5.97 Å². The van der Waals surface area contributed by atoms with Gasteiger partial charge in [0.05, 0.1) is 13.2 Å². The molecule has 0 bridgehead atoms. The Kier molecular flexibility index (Phi) is 4.80. The van der Waals surface area contributed by atoms with Crippen molar-refractivity contribution in [3.63, 3.8) is 0 Å². The van der Waals surface area contributed by atoms with Crippen LogP contribution in [0.1, 0.15) is 24.5 Å². The molecule has 1 N–H and O–H groups in total. The molecule has 104 valence electrons. The van der Waals surface area contributed by atoms with Crippen LogP contribution in [0.15, 0.2) is 24.3 Å². The lowest BCUT2D eigenvalue weighted by atomic mass is 10.1. The predicted octanol–water partition coefficient (Wildman–Crippen LogP) is 2.01. The van der Waals surface area contributed by atoms with E-state index < -0.39 is 6.10 Å². The molecule has 1 aliphatic heterocycles. The smallest absolute Gasteiger partial charge is 0.323 e. The normalized spacial score (nSPS) is 21.3. The third kappa shape index (κ3) is 3.47. The van der Waals surface area contributed by atoms with E-state index in [-0.39, 0.29) is 12.0 Å². The van der Waals surface area contributed by atoms with Crippen molar-refractivity contribution in [3.8, 4) is 0 Å². The zero-order chi connectivity index (χ0) is 13.8. The third-order valence-electron chi connectivity index (χ3n) is 3.48. The van der Waals surface area contributed by atoms with Crippen LogP contribution in [-0.4, -0.2) is 42.2 Å². The van der Waals surface area contributed by atoms with Gasteiger partial charge < -0.3 is 9.84 Å². The van der Waals surface area contributed by atoms with E-state index in [9.17, 15) is 9.90 Å². The van der Waals surface area contributed by atoms with Crippen molar-refractivity contribution in [2.75, 3.05) is 20.2 Å². The SMILES string of the molecule is COC(=O)C1CCCN1CC(O)c1cccc(Cl)c1. The number of benzene rings is 1. The Morgan fingerprint density at radius 2 is 2.42 bits per heavy atom. The number of halogens is 1. The summed E-state index contributed by atoms with van der Waals surface area (Å²) >= 11 is 5.91. The Hall–Kier alpha value is -1.10. The summed E-state index contributed by atoms with van der Waals surface area (Å²) in [4.78, 5) is 13.6. The minimum atomic E-state index is -0.649. The van der Waals surface area contributed by atoms with Crippen LogP contribution in [0, 0.1) is 0 Å². The van der Waals surface area contributed by atoms with Crippen LogP contribution < -0.4 is 0 Å². The van der Waals surface area contributed by atoms with Crippen LogP contribution in [0.5, 0.6) is 0 Å². The predicted molar refractivity (Wildman–Crippen MR) is 73.0 cm³/mol. The number of nitrogens with zero attached hydrogens (tertiary/aromatic N) is 1. The molecule has 1 fully saturated rings. The van der Waals surface area contributed by atoms with E-state index in [1.165, 1.54) is 7.11 Å². The van der Waals surface area contributed by atoms with E-state index in [1.807, 2.05) is 17.0 Å². The van der Waals surface area contributed by atoms with E-state index >= 15 is 0 Å². The second kappa shape index (κ2) is 6.37. The van der Waals surface area contributed by atoms with E-state index in [4.69, 9.17) is 16.3 Å². The molecule has 1 aromatic rings. The average Bonchev–Trinajstić information content (AvgIpc) is 2.86. The Labute approximate surface area is 117 Å². The van der Waals surface area contributed by atoms with Crippen molar-refractivity contribution >= 4 is 17.6 Å². The topological polar surface area (TPSA) is 49.8 Å². The number of hydrogen-bond acceptors (Lipinski definition) is 4. The number of esters is 1. The molecule has 0 amide bonds. The summed E-state index contributed by atoms with van der Waals surface area (Å²) in [6, 6.07) is 6.92. The maximum absolute atomic E-state index is 11.6. The molecule has 1 aromatic carbocycles. The molecule has 4 nitrogen and oxygen atoms in total. The molecule has 2 unspecified atom stereocenters. The fraction of sp³-hybridized carbons (Fsp3) is 0.500. The van der Waals surface area contributed by atoms with Gasteiger partial charge in [-0.15, -0.1) is 0 Å². The van der Waals surface area contributed by atoms with Crippen molar-refractivity contribution in [3.05, 3.63) is 34.9 Å². The van der Waals surface area contributed by atoms with Crippen LogP contribution in [-0.2, 0) is 9.53 Å².